The van der Waals surface area contributed by atoms with Gasteiger partial charge in [0.05, 0.1) is 17.9 Å². The Balaban J connectivity index is 2.95. The molecule has 0 aliphatic rings. The molecule has 2 N–H and O–H groups in total. The van der Waals surface area contributed by atoms with Gasteiger partial charge in [-0.25, -0.2) is 8.42 Å². The predicted octanol–water partition coefficient (Wildman–Crippen LogP) is 1.10. The number of nitrogens with zero attached hydrogens (tertiary/aromatic N) is 1. The molecule has 0 saturated heterocycles. The van der Waals surface area contributed by atoms with Gasteiger partial charge < -0.3 is 10.2 Å². The number of carboxylic acid groups (broad SMARTS) is 1. The molecule has 0 fully saturated rings. The Labute approximate surface area is 125 Å². The van der Waals surface area contributed by atoms with Crippen LogP contribution in [-0.2, 0) is 21.2 Å². The van der Waals surface area contributed by atoms with Crippen molar-refractivity contribution in [2.24, 2.45) is 0 Å². The molecule has 0 unspecified atom stereocenters. The molecular formula is C14H21NO5S. The minimum atomic E-state index is -3.65. The second-order valence-corrected chi connectivity index (χ2v) is 6.63. The third kappa shape index (κ3) is 5.11. The molecule has 0 heterocycles. The quantitative estimate of drug-likeness (QED) is 0.711. The van der Waals surface area contributed by atoms with Crippen LogP contribution in [0.15, 0.2) is 29.2 Å². The molecule has 0 spiro atoms. The Kier molecular flexibility index (Phi) is 6.80. The standard InChI is InChI=1S/C14H21NO5S/c1-2-3-8-15(9-10-16)21(19,20)13-6-4-12(5-7-13)11-14(17)18/h4-7,16H,2-3,8-11H2,1H3,(H,17,18). The fourth-order valence-corrected chi connectivity index (χ4v) is 3.37. The minimum Gasteiger partial charge on any atom is -0.481 e. The Bertz CT molecular complexity index is 553. The SMILES string of the molecule is CCCCN(CCO)S(=O)(=O)c1ccc(CC(=O)O)cc1. The maximum atomic E-state index is 12.5. The molecule has 0 bridgehead atoms. The molecule has 0 aromatic heterocycles. The molecule has 7 heteroatoms. The molecular weight excluding hydrogens is 294 g/mol. The number of hydrogen-bond donors (Lipinski definition) is 2. The fourth-order valence-electron chi connectivity index (χ4n) is 1.90. The van der Waals surface area contributed by atoms with Crippen LogP contribution in [0.25, 0.3) is 0 Å². The normalized spacial score (nSPS) is 11.8. The third-order valence-corrected chi connectivity index (χ3v) is 4.94. The molecule has 21 heavy (non-hydrogen) atoms. The lowest BCUT2D eigenvalue weighted by Gasteiger charge is -2.21. The van der Waals surface area contributed by atoms with E-state index in [1.807, 2.05) is 6.92 Å². The zero-order valence-corrected chi connectivity index (χ0v) is 12.8. The Hall–Kier alpha value is -1.44. The highest BCUT2D eigenvalue weighted by atomic mass is 32.2. The second-order valence-electron chi connectivity index (χ2n) is 4.70. The zero-order chi connectivity index (χ0) is 15.9. The van der Waals surface area contributed by atoms with Crippen molar-refractivity contribution in [2.45, 2.75) is 31.1 Å². The molecule has 0 aliphatic heterocycles. The summed E-state index contributed by atoms with van der Waals surface area (Å²) in [7, 11) is -3.65. The van der Waals surface area contributed by atoms with Crippen molar-refractivity contribution in [1.82, 2.24) is 4.31 Å². The fraction of sp³-hybridized carbons (Fsp3) is 0.500. The Morgan fingerprint density at radius 3 is 2.29 bits per heavy atom. The molecule has 0 radical (unpaired) electrons. The van der Waals surface area contributed by atoms with Crippen LogP contribution in [0.1, 0.15) is 25.3 Å². The van der Waals surface area contributed by atoms with E-state index in [0.29, 0.717) is 12.1 Å². The Morgan fingerprint density at radius 2 is 1.81 bits per heavy atom. The van der Waals surface area contributed by atoms with Gasteiger partial charge >= 0.3 is 5.97 Å². The number of aliphatic hydroxyl groups is 1. The van der Waals surface area contributed by atoms with Crippen LogP contribution >= 0.6 is 0 Å². The predicted molar refractivity (Wildman–Crippen MR) is 78.5 cm³/mol. The van der Waals surface area contributed by atoms with Crippen molar-refractivity contribution in [3.05, 3.63) is 29.8 Å². The maximum Gasteiger partial charge on any atom is 0.307 e. The summed E-state index contributed by atoms with van der Waals surface area (Å²) in [6, 6.07) is 5.81. The van der Waals surface area contributed by atoms with Gasteiger partial charge in [0, 0.05) is 13.1 Å². The van der Waals surface area contributed by atoms with Gasteiger partial charge in [-0.2, -0.15) is 4.31 Å². The van der Waals surface area contributed by atoms with Crippen molar-refractivity contribution in [2.75, 3.05) is 19.7 Å². The molecule has 1 aromatic carbocycles. The van der Waals surface area contributed by atoms with Gasteiger partial charge in [-0.3, -0.25) is 4.79 Å². The lowest BCUT2D eigenvalue weighted by Crippen LogP contribution is -2.34. The van der Waals surface area contributed by atoms with Crippen LogP contribution in [0.2, 0.25) is 0 Å². The van der Waals surface area contributed by atoms with Gasteiger partial charge in [-0.05, 0) is 24.1 Å². The lowest BCUT2D eigenvalue weighted by atomic mass is 10.2. The number of carboxylic acids is 1. The summed E-state index contributed by atoms with van der Waals surface area (Å²) in [5, 5.41) is 17.7. The van der Waals surface area contributed by atoms with Gasteiger partial charge in [0.1, 0.15) is 0 Å². The minimum absolute atomic E-state index is 0.0548. The Morgan fingerprint density at radius 1 is 1.19 bits per heavy atom. The summed E-state index contributed by atoms with van der Waals surface area (Å²) in [6.45, 7) is 2.14. The largest absolute Gasteiger partial charge is 0.481 e. The number of unbranched alkanes of at least 4 members (excludes halogenated alkanes) is 1. The van der Waals surface area contributed by atoms with E-state index >= 15 is 0 Å². The zero-order valence-electron chi connectivity index (χ0n) is 12.0. The van der Waals surface area contributed by atoms with E-state index in [1.165, 1.54) is 28.6 Å². The average molecular weight is 315 g/mol. The highest BCUT2D eigenvalue weighted by molar-refractivity contribution is 7.89. The van der Waals surface area contributed by atoms with Crippen molar-refractivity contribution in [1.29, 1.82) is 0 Å². The summed E-state index contributed by atoms with van der Waals surface area (Å²) < 4.78 is 26.2. The summed E-state index contributed by atoms with van der Waals surface area (Å²) in [5.41, 5.74) is 0.545. The third-order valence-electron chi connectivity index (χ3n) is 3.03. The van der Waals surface area contributed by atoms with Crippen molar-refractivity contribution in [3.8, 4) is 0 Å². The molecule has 6 nitrogen and oxygen atoms in total. The van der Waals surface area contributed by atoms with E-state index in [-0.39, 0.29) is 24.5 Å². The highest BCUT2D eigenvalue weighted by Crippen LogP contribution is 2.17. The van der Waals surface area contributed by atoms with Crippen LogP contribution in [-0.4, -0.2) is 48.6 Å². The summed E-state index contributed by atoms with van der Waals surface area (Å²) in [6.07, 6.45) is 1.43. The van der Waals surface area contributed by atoms with Gasteiger partial charge in [-0.1, -0.05) is 25.5 Å². The first-order valence-electron chi connectivity index (χ1n) is 6.83. The monoisotopic (exact) mass is 315 g/mol. The van der Waals surface area contributed by atoms with Gasteiger partial charge in [-0.15, -0.1) is 0 Å². The molecule has 1 aromatic rings. The topological polar surface area (TPSA) is 94.9 Å². The number of rotatable bonds is 9. The number of aliphatic hydroxyl groups excluding tert-OH is 1. The molecule has 0 atom stereocenters. The summed E-state index contributed by atoms with van der Waals surface area (Å²) >= 11 is 0. The lowest BCUT2D eigenvalue weighted by molar-refractivity contribution is -0.136. The van der Waals surface area contributed by atoms with E-state index in [2.05, 4.69) is 0 Å². The molecule has 0 aliphatic carbocycles. The van der Waals surface area contributed by atoms with Crippen LogP contribution in [0.3, 0.4) is 0 Å². The first-order valence-corrected chi connectivity index (χ1v) is 8.27. The van der Waals surface area contributed by atoms with Crippen molar-refractivity contribution < 1.29 is 23.4 Å². The van der Waals surface area contributed by atoms with Gasteiger partial charge in [0.25, 0.3) is 0 Å². The van der Waals surface area contributed by atoms with E-state index in [1.54, 1.807) is 0 Å². The van der Waals surface area contributed by atoms with E-state index in [9.17, 15) is 13.2 Å². The van der Waals surface area contributed by atoms with Crippen LogP contribution in [0.5, 0.6) is 0 Å². The molecule has 0 amide bonds. The van der Waals surface area contributed by atoms with Crippen molar-refractivity contribution in [3.63, 3.8) is 0 Å². The van der Waals surface area contributed by atoms with Crippen LogP contribution < -0.4 is 0 Å². The summed E-state index contributed by atoms with van der Waals surface area (Å²) in [5.74, 6) is -0.963. The molecule has 0 saturated carbocycles. The number of sulfonamides is 1. The number of carbonyl (C=O) groups is 1. The van der Waals surface area contributed by atoms with Gasteiger partial charge in [0.2, 0.25) is 10.0 Å². The van der Waals surface area contributed by atoms with Crippen molar-refractivity contribution >= 4 is 16.0 Å². The maximum absolute atomic E-state index is 12.5. The van der Waals surface area contributed by atoms with Crippen LogP contribution in [0, 0.1) is 0 Å². The first kappa shape index (κ1) is 17.6. The summed E-state index contributed by atoms with van der Waals surface area (Å²) in [4.78, 5) is 10.7. The molecule has 1 rings (SSSR count). The molecule has 118 valence electrons. The second kappa shape index (κ2) is 8.11. The smallest absolute Gasteiger partial charge is 0.307 e. The number of hydrogen-bond acceptors (Lipinski definition) is 4. The number of benzene rings is 1. The van der Waals surface area contributed by atoms with E-state index in [0.717, 1.165) is 12.8 Å². The average Bonchev–Trinajstić information content (AvgIpc) is 2.43. The van der Waals surface area contributed by atoms with E-state index < -0.39 is 16.0 Å². The number of aliphatic carboxylic acids is 1. The van der Waals surface area contributed by atoms with E-state index in [4.69, 9.17) is 10.2 Å². The van der Waals surface area contributed by atoms with Crippen LogP contribution in [0.4, 0.5) is 0 Å². The first-order chi connectivity index (χ1) is 9.91. The highest BCUT2D eigenvalue weighted by Gasteiger charge is 2.23. The van der Waals surface area contributed by atoms with Gasteiger partial charge in [0.15, 0.2) is 0 Å².